The van der Waals surface area contributed by atoms with Gasteiger partial charge in [-0.1, -0.05) is 56.3 Å². The van der Waals surface area contributed by atoms with E-state index in [1.54, 1.807) is 0 Å². The fourth-order valence-electron chi connectivity index (χ4n) is 2.03. The van der Waals surface area contributed by atoms with Crippen molar-refractivity contribution in [1.29, 1.82) is 0 Å². The van der Waals surface area contributed by atoms with E-state index in [0.29, 0.717) is 11.5 Å². The van der Waals surface area contributed by atoms with Crippen LogP contribution >= 0.6 is 11.3 Å². The number of thiophene rings is 1. The highest BCUT2D eigenvalue weighted by molar-refractivity contribution is 7.20. The van der Waals surface area contributed by atoms with Gasteiger partial charge in [0.25, 0.3) is 0 Å². The molecule has 0 atom stereocenters. The predicted molar refractivity (Wildman–Crippen MR) is 93.5 cm³/mol. The second-order valence-corrected chi connectivity index (χ2v) is 5.80. The smallest absolute Gasteiger partial charge is 0.348 e. The first-order valence-electron chi connectivity index (χ1n) is 7.43. The van der Waals surface area contributed by atoms with Crippen LogP contribution in [0.2, 0.25) is 0 Å². The molecule has 0 amide bonds. The number of esters is 1. The van der Waals surface area contributed by atoms with Crippen LogP contribution in [0.25, 0.3) is 10.1 Å². The Labute approximate surface area is 135 Å². The lowest BCUT2D eigenvalue weighted by atomic mass is 10.2. The summed E-state index contributed by atoms with van der Waals surface area (Å²) < 4.78 is 6.47. The molecule has 114 valence electrons. The van der Waals surface area contributed by atoms with Gasteiger partial charge >= 0.3 is 5.97 Å². The molecule has 0 N–H and O–H groups in total. The zero-order chi connectivity index (χ0) is 15.9. The van der Waals surface area contributed by atoms with E-state index in [1.807, 2.05) is 69.3 Å². The Bertz CT molecular complexity index is 744. The number of carbonyl (C=O) groups excluding carboxylic acids is 1. The van der Waals surface area contributed by atoms with Gasteiger partial charge in [-0.25, -0.2) is 4.79 Å². The zero-order valence-electron chi connectivity index (χ0n) is 13.1. The van der Waals surface area contributed by atoms with Crippen LogP contribution in [0.15, 0.2) is 54.6 Å². The Hall–Kier alpha value is -2.13. The summed E-state index contributed by atoms with van der Waals surface area (Å²) in [5.74, 6) is -0.257. The number of benzene rings is 2. The summed E-state index contributed by atoms with van der Waals surface area (Å²) in [5, 5.41) is 1.09. The number of hydrogen-bond acceptors (Lipinski definition) is 3. The van der Waals surface area contributed by atoms with Gasteiger partial charge in [0.15, 0.2) is 0 Å². The highest BCUT2D eigenvalue weighted by atomic mass is 32.1. The van der Waals surface area contributed by atoms with Crippen molar-refractivity contribution < 1.29 is 9.53 Å². The number of hydrogen-bond donors (Lipinski definition) is 0. The van der Waals surface area contributed by atoms with E-state index in [0.717, 1.165) is 15.6 Å². The van der Waals surface area contributed by atoms with Crippen molar-refractivity contribution in [2.45, 2.75) is 27.4 Å². The molecule has 0 radical (unpaired) electrons. The lowest BCUT2D eigenvalue weighted by Crippen LogP contribution is -2.02. The molecule has 3 heteroatoms. The van der Waals surface area contributed by atoms with Gasteiger partial charge in [-0.05, 0) is 35.6 Å². The van der Waals surface area contributed by atoms with Crippen molar-refractivity contribution in [3.8, 4) is 0 Å². The highest BCUT2D eigenvalue weighted by Crippen LogP contribution is 2.27. The van der Waals surface area contributed by atoms with Crippen molar-refractivity contribution in [3.05, 3.63) is 70.6 Å². The fraction of sp³-hybridized carbons (Fsp3) is 0.211. The minimum absolute atomic E-state index is 0.257. The second kappa shape index (κ2) is 7.76. The van der Waals surface area contributed by atoms with E-state index in [9.17, 15) is 4.79 Å². The summed E-state index contributed by atoms with van der Waals surface area (Å²) in [7, 11) is 0. The largest absolute Gasteiger partial charge is 0.457 e. The maximum absolute atomic E-state index is 12.1. The van der Waals surface area contributed by atoms with E-state index in [2.05, 4.69) is 6.07 Å². The summed E-state index contributed by atoms with van der Waals surface area (Å²) in [6.07, 6.45) is 0. The maximum atomic E-state index is 12.1. The van der Waals surface area contributed by atoms with Crippen molar-refractivity contribution in [2.24, 2.45) is 0 Å². The first-order valence-corrected chi connectivity index (χ1v) is 8.25. The number of aryl methyl sites for hydroxylation is 1. The van der Waals surface area contributed by atoms with Gasteiger partial charge < -0.3 is 4.74 Å². The lowest BCUT2D eigenvalue weighted by Gasteiger charge is -2.02. The summed E-state index contributed by atoms with van der Waals surface area (Å²) in [5.41, 5.74) is 2.20. The molecule has 0 aliphatic carbocycles. The standard InChI is InChI=1S/C17H14O2S.C2H6/c1-12-7-8-14-10-16(20-15(14)9-12)17(18)19-11-13-5-3-2-4-6-13;1-2/h2-10H,11H2,1H3;1-2H3. The zero-order valence-corrected chi connectivity index (χ0v) is 13.9. The van der Waals surface area contributed by atoms with Crippen LogP contribution in [-0.4, -0.2) is 5.97 Å². The molecule has 0 aliphatic heterocycles. The lowest BCUT2D eigenvalue weighted by molar-refractivity contribution is 0.0478. The molecule has 1 heterocycles. The third kappa shape index (κ3) is 3.95. The summed E-state index contributed by atoms with van der Waals surface area (Å²) in [6, 6.07) is 17.8. The Morgan fingerprint density at radius 3 is 2.50 bits per heavy atom. The van der Waals surface area contributed by atoms with Crippen LogP contribution in [0, 0.1) is 6.92 Å². The first kappa shape index (κ1) is 16.2. The molecule has 3 rings (SSSR count). The summed E-state index contributed by atoms with van der Waals surface area (Å²) in [4.78, 5) is 12.7. The van der Waals surface area contributed by atoms with E-state index in [1.165, 1.54) is 16.9 Å². The van der Waals surface area contributed by atoms with Gasteiger partial charge in [0.1, 0.15) is 11.5 Å². The van der Waals surface area contributed by atoms with Crippen LogP contribution < -0.4 is 0 Å². The van der Waals surface area contributed by atoms with Crippen LogP contribution in [-0.2, 0) is 11.3 Å². The molecular weight excluding hydrogens is 292 g/mol. The van der Waals surface area contributed by atoms with Gasteiger partial charge in [0.05, 0.1) is 0 Å². The van der Waals surface area contributed by atoms with Crippen LogP contribution in [0.3, 0.4) is 0 Å². The minimum atomic E-state index is -0.257. The van der Waals surface area contributed by atoms with E-state index >= 15 is 0 Å². The Balaban J connectivity index is 0.000000847. The highest BCUT2D eigenvalue weighted by Gasteiger charge is 2.11. The molecule has 0 bridgehead atoms. The molecule has 1 aromatic heterocycles. The van der Waals surface area contributed by atoms with Gasteiger partial charge in [0.2, 0.25) is 0 Å². The normalized spacial score (nSPS) is 9.95. The van der Waals surface area contributed by atoms with Crippen molar-refractivity contribution in [2.75, 3.05) is 0 Å². The predicted octanol–water partition coefficient (Wildman–Crippen LogP) is 5.59. The van der Waals surface area contributed by atoms with Crippen molar-refractivity contribution >= 4 is 27.4 Å². The molecule has 22 heavy (non-hydrogen) atoms. The van der Waals surface area contributed by atoms with Gasteiger partial charge in [0, 0.05) is 4.70 Å². The quantitative estimate of drug-likeness (QED) is 0.589. The number of fused-ring (bicyclic) bond motifs is 1. The monoisotopic (exact) mass is 312 g/mol. The third-order valence-electron chi connectivity index (χ3n) is 3.09. The molecule has 0 aliphatic rings. The maximum Gasteiger partial charge on any atom is 0.348 e. The molecule has 2 nitrogen and oxygen atoms in total. The van der Waals surface area contributed by atoms with Crippen LogP contribution in [0.4, 0.5) is 0 Å². The van der Waals surface area contributed by atoms with Crippen LogP contribution in [0.1, 0.15) is 34.6 Å². The average Bonchev–Trinajstić information content (AvgIpc) is 2.98. The van der Waals surface area contributed by atoms with Crippen LogP contribution in [0.5, 0.6) is 0 Å². The summed E-state index contributed by atoms with van der Waals surface area (Å²) >= 11 is 1.48. The molecule has 0 spiro atoms. The van der Waals surface area contributed by atoms with Crippen molar-refractivity contribution in [1.82, 2.24) is 0 Å². The first-order chi connectivity index (χ1) is 10.7. The number of rotatable bonds is 3. The topological polar surface area (TPSA) is 26.3 Å². The number of carbonyl (C=O) groups is 1. The minimum Gasteiger partial charge on any atom is -0.457 e. The molecule has 3 aromatic rings. The molecule has 0 unspecified atom stereocenters. The van der Waals surface area contributed by atoms with E-state index < -0.39 is 0 Å². The Morgan fingerprint density at radius 2 is 1.77 bits per heavy atom. The number of ether oxygens (including phenoxy) is 1. The van der Waals surface area contributed by atoms with Gasteiger partial charge in [-0.2, -0.15) is 0 Å². The molecular formula is C19H20O2S. The third-order valence-corrected chi connectivity index (χ3v) is 4.17. The van der Waals surface area contributed by atoms with Crippen molar-refractivity contribution in [3.63, 3.8) is 0 Å². The SMILES string of the molecule is CC.Cc1ccc2cc(C(=O)OCc3ccccc3)sc2c1. The summed E-state index contributed by atoms with van der Waals surface area (Å²) in [6.45, 7) is 6.36. The van der Waals surface area contributed by atoms with Gasteiger partial charge in [-0.3, -0.25) is 0 Å². The molecule has 0 fully saturated rings. The second-order valence-electron chi connectivity index (χ2n) is 4.71. The molecule has 0 saturated carbocycles. The Morgan fingerprint density at radius 1 is 1.05 bits per heavy atom. The fourth-order valence-corrected chi connectivity index (χ4v) is 3.09. The molecule has 2 aromatic carbocycles. The van der Waals surface area contributed by atoms with E-state index in [4.69, 9.17) is 4.74 Å². The van der Waals surface area contributed by atoms with Gasteiger partial charge in [-0.15, -0.1) is 11.3 Å². The average molecular weight is 312 g/mol. The Kier molecular flexibility index (Phi) is 5.73. The van der Waals surface area contributed by atoms with E-state index in [-0.39, 0.29) is 5.97 Å². The molecule has 0 saturated heterocycles.